The second-order valence-corrected chi connectivity index (χ2v) is 6.51. The summed E-state index contributed by atoms with van der Waals surface area (Å²) >= 11 is 1.54. The highest BCUT2D eigenvalue weighted by molar-refractivity contribution is 7.09. The quantitative estimate of drug-likeness (QED) is 0.912. The van der Waals surface area contributed by atoms with E-state index in [9.17, 15) is 13.6 Å². The van der Waals surface area contributed by atoms with Gasteiger partial charge in [0.15, 0.2) is 0 Å². The molecular formula is C16H17F2N3OS. The standard InChI is InChI=1S/C16H17F2N3OS/c17-12-4-3-11(14(18)6-12)9-21-5-1-2-15(16(21)22)20-8-13-7-19-10-23-13/h3-4,6-7,10,15,20H,1-2,5,8-9H2. The third-order valence-corrected chi connectivity index (χ3v) is 4.69. The summed E-state index contributed by atoms with van der Waals surface area (Å²) in [7, 11) is 0. The van der Waals surface area contributed by atoms with Crippen molar-refractivity contribution >= 4 is 17.2 Å². The van der Waals surface area contributed by atoms with Crippen molar-refractivity contribution in [1.29, 1.82) is 0 Å². The molecule has 23 heavy (non-hydrogen) atoms. The molecule has 1 aromatic heterocycles. The van der Waals surface area contributed by atoms with Crippen LogP contribution < -0.4 is 5.32 Å². The van der Waals surface area contributed by atoms with E-state index in [1.807, 2.05) is 0 Å². The van der Waals surface area contributed by atoms with Crippen LogP contribution in [-0.4, -0.2) is 28.4 Å². The fourth-order valence-corrected chi connectivity index (χ4v) is 3.24. The van der Waals surface area contributed by atoms with Crippen molar-refractivity contribution in [3.05, 3.63) is 52.0 Å². The molecule has 1 fully saturated rings. The number of likely N-dealkylation sites (tertiary alicyclic amines) is 1. The highest BCUT2D eigenvalue weighted by Gasteiger charge is 2.28. The maximum Gasteiger partial charge on any atom is 0.240 e. The first kappa shape index (κ1) is 16.0. The molecule has 1 atom stereocenters. The zero-order chi connectivity index (χ0) is 16.2. The Balaban J connectivity index is 1.62. The molecule has 4 nitrogen and oxygen atoms in total. The number of thiazole rings is 1. The lowest BCUT2D eigenvalue weighted by Crippen LogP contribution is -2.50. The number of amides is 1. The van der Waals surface area contributed by atoms with Gasteiger partial charge in [0, 0.05) is 42.3 Å². The Hall–Kier alpha value is -1.86. The van der Waals surface area contributed by atoms with E-state index in [0.717, 1.165) is 23.8 Å². The van der Waals surface area contributed by atoms with Gasteiger partial charge in [-0.3, -0.25) is 9.78 Å². The fourth-order valence-electron chi connectivity index (χ4n) is 2.70. The van der Waals surface area contributed by atoms with Gasteiger partial charge in [-0.05, 0) is 18.9 Å². The number of carbonyl (C=O) groups excluding carboxylic acids is 1. The van der Waals surface area contributed by atoms with Gasteiger partial charge in [0.1, 0.15) is 11.6 Å². The van der Waals surface area contributed by atoms with Crippen LogP contribution >= 0.6 is 11.3 Å². The number of hydrogen-bond donors (Lipinski definition) is 1. The van der Waals surface area contributed by atoms with Gasteiger partial charge in [0.05, 0.1) is 11.6 Å². The summed E-state index contributed by atoms with van der Waals surface area (Å²) in [6.07, 6.45) is 3.39. The second kappa shape index (κ2) is 7.14. The molecular weight excluding hydrogens is 320 g/mol. The molecule has 1 aliphatic rings. The van der Waals surface area contributed by atoms with Gasteiger partial charge in [-0.25, -0.2) is 8.78 Å². The SMILES string of the molecule is O=C1C(NCc2cncs2)CCCN1Cc1ccc(F)cc1F. The Labute approximate surface area is 137 Å². The molecule has 2 aromatic rings. The average Bonchev–Trinajstić information content (AvgIpc) is 3.04. The predicted octanol–water partition coefficient (Wildman–Crippen LogP) is 2.70. The van der Waals surface area contributed by atoms with Crippen molar-refractivity contribution in [1.82, 2.24) is 15.2 Å². The van der Waals surface area contributed by atoms with Crippen molar-refractivity contribution in [2.75, 3.05) is 6.54 Å². The Bertz CT molecular complexity index is 678. The molecule has 0 spiro atoms. The molecule has 1 N–H and O–H groups in total. The topological polar surface area (TPSA) is 45.2 Å². The third kappa shape index (κ3) is 3.92. The minimum absolute atomic E-state index is 0.0375. The van der Waals surface area contributed by atoms with E-state index < -0.39 is 11.6 Å². The minimum Gasteiger partial charge on any atom is -0.337 e. The number of nitrogens with one attached hydrogen (secondary N) is 1. The number of piperidine rings is 1. The summed E-state index contributed by atoms with van der Waals surface area (Å²) in [4.78, 5) is 19.2. The van der Waals surface area contributed by atoms with Gasteiger partial charge < -0.3 is 10.2 Å². The van der Waals surface area contributed by atoms with Crippen LogP contribution in [0.2, 0.25) is 0 Å². The average molecular weight is 337 g/mol. The normalized spacial score (nSPS) is 18.4. The molecule has 7 heteroatoms. The third-order valence-electron chi connectivity index (χ3n) is 3.91. The molecule has 0 bridgehead atoms. The van der Waals surface area contributed by atoms with Gasteiger partial charge in [-0.1, -0.05) is 6.07 Å². The highest BCUT2D eigenvalue weighted by Crippen LogP contribution is 2.18. The summed E-state index contributed by atoms with van der Waals surface area (Å²) in [6, 6.07) is 3.19. The largest absolute Gasteiger partial charge is 0.337 e. The van der Waals surface area contributed by atoms with E-state index in [0.29, 0.717) is 18.7 Å². The molecule has 3 rings (SSSR count). The molecule has 1 saturated heterocycles. The molecule has 1 aliphatic heterocycles. The Morgan fingerprint density at radius 1 is 1.39 bits per heavy atom. The van der Waals surface area contributed by atoms with E-state index in [4.69, 9.17) is 0 Å². The van der Waals surface area contributed by atoms with Gasteiger partial charge in [-0.2, -0.15) is 0 Å². The zero-order valence-electron chi connectivity index (χ0n) is 12.5. The number of halogens is 2. The smallest absolute Gasteiger partial charge is 0.240 e. The first-order chi connectivity index (χ1) is 11.1. The second-order valence-electron chi connectivity index (χ2n) is 5.54. The molecule has 1 amide bonds. The van der Waals surface area contributed by atoms with Crippen LogP contribution in [0.4, 0.5) is 8.78 Å². The number of carbonyl (C=O) groups is 1. The summed E-state index contributed by atoms with van der Waals surface area (Å²) in [6.45, 7) is 1.36. The lowest BCUT2D eigenvalue weighted by atomic mass is 10.0. The molecule has 0 saturated carbocycles. The minimum atomic E-state index is -0.613. The summed E-state index contributed by atoms with van der Waals surface area (Å²) < 4.78 is 26.7. The molecule has 0 radical (unpaired) electrons. The van der Waals surface area contributed by atoms with Gasteiger partial charge >= 0.3 is 0 Å². The van der Waals surface area contributed by atoms with E-state index in [-0.39, 0.29) is 18.5 Å². The maximum atomic E-state index is 13.8. The molecule has 1 unspecified atom stereocenters. The van der Waals surface area contributed by atoms with Crippen LogP contribution in [0.1, 0.15) is 23.3 Å². The van der Waals surface area contributed by atoms with E-state index >= 15 is 0 Å². The Morgan fingerprint density at radius 2 is 2.26 bits per heavy atom. The van der Waals surface area contributed by atoms with Crippen LogP contribution in [0.25, 0.3) is 0 Å². The fraction of sp³-hybridized carbons (Fsp3) is 0.375. The number of benzene rings is 1. The number of rotatable bonds is 5. The molecule has 122 valence electrons. The van der Waals surface area contributed by atoms with Crippen molar-refractivity contribution in [3.8, 4) is 0 Å². The Kier molecular flexibility index (Phi) is 4.97. The van der Waals surface area contributed by atoms with E-state index in [2.05, 4.69) is 10.3 Å². The lowest BCUT2D eigenvalue weighted by Gasteiger charge is -2.32. The predicted molar refractivity (Wildman–Crippen MR) is 83.8 cm³/mol. The van der Waals surface area contributed by atoms with Crippen molar-refractivity contribution in [3.63, 3.8) is 0 Å². The van der Waals surface area contributed by atoms with Gasteiger partial charge in [-0.15, -0.1) is 11.3 Å². The highest BCUT2D eigenvalue weighted by atomic mass is 32.1. The summed E-state index contributed by atoms with van der Waals surface area (Å²) in [5, 5.41) is 3.24. The van der Waals surface area contributed by atoms with Crippen LogP contribution in [0, 0.1) is 11.6 Å². The molecule has 0 aliphatic carbocycles. The summed E-state index contributed by atoms with van der Waals surface area (Å²) in [5.74, 6) is -1.26. The first-order valence-corrected chi connectivity index (χ1v) is 8.35. The molecule has 1 aromatic carbocycles. The van der Waals surface area contributed by atoms with E-state index in [1.165, 1.54) is 23.5 Å². The number of nitrogens with zero attached hydrogens (tertiary/aromatic N) is 2. The van der Waals surface area contributed by atoms with Crippen LogP contribution in [0.3, 0.4) is 0 Å². The van der Waals surface area contributed by atoms with Gasteiger partial charge in [0.2, 0.25) is 5.91 Å². The van der Waals surface area contributed by atoms with Crippen LogP contribution in [0.5, 0.6) is 0 Å². The van der Waals surface area contributed by atoms with Crippen molar-refractivity contribution in [2.24, 2.45) is 0 Å². The molecule has 2 heterocycles. The maximum absolute atomic E-state index is 13.8. The monoisotopic (exact) mass is 337 g/mol. The Morgan fingerprint density at radius 3 is 3.00 bits per heavy atom. The van der Waals surface area contributed by atoms with Gasteiger partial charge in [0.25, 0.3) is 0 Å². The number of hydrogen-bond acceptors (Lipinski definition) is 4. The van der Waals surface area contributed by atoms with Crippen LogP contribution in [0.15, 0.2) is 29.9 Å². The van der Waals surface area contributed by atoms with Crippen molar-refractivity contribution in [2.45, 2.75) is 32.0 Å². The lowest BCUT2D eigenvalue weighted by molar-refractivity contribution is -0.136. The van der Waals surface area contributed by atoms with Crippen molar-refractivity contribution < 1.29 is 13.6 Å². The number of aromatic nitrogens is 1. The zero-order valence-corrected chi connectivity index (χ0v) is 13.3. The summed E-state index contributed by atoms with van der Waals surface area (Å²) in [5.41, 5.74) is 2.09. The van der Waals surface area contributed by atoms with Crippen LogP contribution in [-0.2, 0) is 17.9 Å². The first-order valence-electron chi connectivity index (χ1n) is 7.47. The van der Waals surface area contributed by atoms with E-state index in [1.54, 1.807) is 16.6 Å².